The zero-order chi connectivity index (χ0) is 20.4. The van der Waals surface area contributed by atoms with E-state index in [4.69, 9.17) is 28.9 Å². The van der Waals surface area contributed by atoms with Gasteiger partial charge in [-0.3, -0.25) is 9.69 Å². The molecular formula is C22H21Cl2N3OS. The Morgan fingerprint density at radius 2 is 1.76 bits per heavy atom. The van der Waals surface area contributed by atoms with Gasteiger partial charge < -0.3 is 11.1 Å². The molecule has 1 saturated heterocycles. The number of anilines is 1. The Bertz CT molecular complexity index is 1000. The van der Waals surface area contributed by atoms with Crippen molar-refractivity contribution in [3.8, 4) is 0 Å². The molecule has 1 fully saturated rings. The van der Waals surface area contributed by atoms with Crippen molar-refractivity contribution in [1.29, 1.82) is 0 Å². The Balaban J connectivity index is 1.61. The molecule has 4 rings (SSSR count). The predicted octanol–water partition coefficient (Wildman–Crippen LogP) is 5.01. The van der Waals surface area contributed by atoms with Crippen LogP contribution in [0.25, 0.3) is 0 Å². The summed E-state index contributed by atoms with van der Waals surface area (Å²) in [6.07, 6.45) is 0. The largest absolute Gasteiger partial charge is 0.390 e. The number of nitrogens with one attached hydrogen (secondary N) is 1. The van der Waals surface area contributed by atoms with Crippen LogP contribution in [0.1, 0.15) is 33.1 Å². The number of nitrogen functional groups attached to an aromatic ring is 1. The van der Waals surface area contributed by atoms with Crippen LogP contribution < -0.4 is 11.1 Å². The van der Waals surface area contributed by atoms with E-state index in [9.17, 15) is 4.79 Å². The highest BCUT2D eigenvalue weighted by atomic mass is 35.5. The smallest absolute Gasteiger partial charge is 0.196 e. The zero-order valence-electron chi connectivity index (χ0n) is 15.7. The fourth-order valence-corrected chi connectivity index (χ4v) is 4.75. The molecule has 2 heterocycles. The molecule has 150 valence electrons. The van der Waals surface area contributed by atoms with Crippen molar-refractivity contribution in [2.75, 3.05) is 25.4 Å². The van der Waals surface area contributed by atoms with Gasteiger partial charge in [0.05, 0.1) is 10.6 Å². The Morgan fingerprint density at radius 3 is 2.45 bits per heavy atom. The van der Waals surface area contributed by atoms with Gasteiger partial charge in [0.2, 0.25) is 0 Å². The van der Waals surface area contributed by atoms with E-state index < -0.39 is 0 Å². The molecule has 0 radical (unpaired) electrons. The van der Waals surface area contributed by atoms with E-state index in [-0.39, 0.29) is 11.8 Å². The van der Waals surface area contributed by atoms with E-state index in [1.807, 2.05) is 17.5 Å². The number of benzene rings is 2. The van der Waals surface area contributed by atoms with Crippen LogP contribution in [0, 0.1) is 0 Å². The van der Waals surface area contributed by atoms with E-state index >= 15 is 0 Å². The van der Waals surface area contributed by atoms with Crippen LogP contribution in [-0.4, -0.2) is 30.3 Å². The minimum absolute atomic E-state index is 0.0615. The topological polar surface area (TPSA) is 58.4 Å². The third kappa shape index (κ3) is 4.49. The lowest BCUT2D eigenvalue weighted by Gasteiger charge is -2.36. The first kappa shape index (κ1) is 20.4. The van der Waals surface area contributed by atoms with Crippen LogP contribution in [0.3, 0.4) is 0 Å². The lowest BCUT2D eigenvalue weighted by atomic mass is 9.99. The van der Waals surface area contributed by atoms with E-state index in [2.05, 4.69) is 22.3 Å². The second kappa shape index (κ2) is 8.86. The number of thiophene rings is 1. The van der Waals surface area contributed by atoms with Crippen LogP contribution in [0.4, 0.5) is 5.00 Å². The first-order valence-electron chi connectivity index (χ1n) is 9.39. The van der Waals surface area contributed by atoms with E-state index in [1.54, 1.807) is 24.3 Å². The summed E-state index contributed by atoms with van der Waals surface area (Å²) >= 11 is 13.4. The summed E-state index contributed by atoms with van der Waals surface area (Å²) in [5, 5.41) is 7.35. The summed E-state index contributed by atoms with van der Waals surface area (Å²) in [7, 11) is 0. The molecular weight excluding hydrogens is 425 g/mol. The number of nitrogens with two attached hydrogens (primary N) is 1. The number of rotatable bonds is 5. The first-order chi connectivity index (χ1) is 14.0. The third-order valence-electron chi connectivity index (χ3n) is 5.21. The molecule has 2 aromatic carbocycles. The van der Waals surface area contributed by atoms with Crippen LogP contribution >= 0.6 is 34.5 Å². The van der Waals surface area contributed by atoms with Crippen LogP contribution in [0.15, 0.2) is 53.9 Å². The van der Waals surface area contributed by atoms with Gasteiger partial charge in [-0.1, -0.05) is 35.3 Å². The molecule has 0 aliphatic carbocycles. The summed E-state index contributed by atoms with van der Waals surface area (Å²) in [6, 6.07) is 15.1. The number of nitrogens with zero attached hydrogens (tertiary/aromatic N) is 1. The fourth-order valence-electron chi connectivity index (χ4n) is 3.70. The molecule has 0 bridgehead atoms. The lowest BCUT2D eigenvalue weighted by Crippen LogP contribution is -2.45. The average molecular weight is 446 g/mol. The molecule has 3 N–H and O–H groups in total. The van der Waals surface area contributed by atoms with Gasteiger partial charge in [-0.15, -0.1) is 11.3 Å². The van der Waals surface area contributed by atoms with Crippen molar-refractivity contribution < 1.29 is 4.79 Å². The maximum Gasteiger partial charge on any atom is 0.196 e. The molecule has 1 atom stereocenters. The third-order valence-corrected chi connectivity index (χ3v) is 6.58. The predicted molar refractivity (Wildman–Crippen MR) is 121 cm³/mol. The molecule has 1 aromatic heterocycles. The fraction of sp³-hybridized carbons (Fsp3) is 0.227. The number of piperazine rings is 1. The van der Waals surface area contributed by atoms with Crippen LogP contribution in [-0.2, 0) is 6.54 Å². The quantitative estimate of drug-likeness (QED) is 0.541. The number of hydrogen-bond donors (Lipinski definition) is 2. The maximum absolute atomic E-state index is 13.1. The highest BCUT2D eigenvalue weighted by molar-refractivity contribution is 7.14. The molecule has 7 heteroatoms. The summed E-state index contributed by atoms with van der Waals surface area (Å²) < 4.78 is 0. The number of ketones is 1. The lowest BCUT2D eigenvalue weighted by molar-refractivity contribution is 0.103. The van der Waals surface area contributed by atoms with Gasteiger partial charge in [0, 0.05) is 47.8 Å². The Kier molecular flexibility index (Phi) is 6.23. The molecule has 0 amide bonds. The first-order valence-corrected chi connectivity index (χ1v) is 11.0. The maximum atomic E-state index is 13.1. The second-order valence-electron chi connectivity index (χ2n) is 7.08. The molecule has 1 aliphatic rings. The monoisotopic (exact) mass is 445 g/mol. The van der Waals surface area contributed by atoms with Crippen LogP contribution in [0.2, 0.25) is 10.0 Å². The number of hydrogen-bond acceptors (Lipinski definition) is 5. The van der Waals surface area contributed by atoms with Crippen molar-refractivity contribution >= 4 is 45.3 Å². The Labute approximate surface area is 184 Å². The van der Waals surface area contributed by atoms with Crippen LogP contribution in [0.5, 0.6) is 0 Å². The average Bonchev–Trinajstić information content (AvgIpc) is 3.09. The van der Waals surface area contributed by atoms with Crippen molar-refractivity contribution in [3.05, 3.63) is 86.2 Å². The van der Waals surface area contributed by atoms with Crippen molar-refractivity contribution in [1.82, 2.24) is 10.2 Å². The van der Waals surface area contributed by atoms with E-state index in [1.165, 1.54) is 16.9 Å². The molecule has 3 aromatic rings. The normalized spacial score (nSPS) is 17.4. The summed E-state index contributed by atoms with van der Waals surface area (Å²) in [5.74, 6) is -0.0615. The number of carbonyl (C=O) groups is 1. The van der Waals surface area contributed by atoms with Gasteiger partial charge in [0.15, 0.2) is 5.78 Å². The van der Waals surface area contributed by atoms with Crippen molar-refractivity contribution in [2.45, 2.75) is 12.6 Å². The highest BCUT2D eigenvalue weighted by Crippen LogP contribution is 2.32. The molecule has 0 spiro atoms. The van der Waals surface area contributed by atoms with Gasteiger partial charge in [0.25, 0.3) is 0 Å². The molecule has 0 saturated carbocycles. The molecule has 1 aliphatic heterocycles. The van der Waals surface area contributed by atoms with Gasteiger partial charge >= 0.3 is 0 Å². The van der Waals surface area contributed by atoms with Gasteiger partial charge in [-0.2, -0.15) is 0 Å². The number of carbonyl (C=O) groups excluding carboxylic acids is 1. The zero-order valence-corrected chi connectivity index (χ0v) is 18.0. The Hall–Kier alpha value is -1.89. The molecule has 1 unspecified atom stereocenters. The van der Waals surface area contributed by atoms with E-state index in [0.29, 0.717) is 27.7 Å². The van der Waals surface area contributed by atoms with Gasteiger partial charge in [-0.05, 0) is 52.9 Å². The number of halogens is 2. The van der Waals surface area contributed by atoms with Gasteiger partial charge in [0.1, 0.15) is 0 Å². The Morgan fingerprint density at radius 1 is 1.10 bits per heavy atom. The standard InChI is InChI=1S/C22H21Cl2N3OS/c23-17-5-1-14(2-6-17)19-11-26-9-10-27(19)12-16-13-29-22(25)20(16)21(28)15-3-7-18(24)8-4-15/h1-8,13,19,26H,9-12,25H2. The minimum Gasteiger partial charge on any atom is -0.390 e. The summed E-state index contributed by atoms with van der Waals surface area (Å²) in [5.41, 5.74) is 9.57. The second-order valence-corrected chi connectivity index (χ2v) is 8.86. The minimum atomic E-state index is -0.0615. The molecule has 4 nitrogen and oxygen atoms in total. The van der Waals surface area contributed by atoms with E-state index in [0.717, 1.165) is 30.2 Å². The van der Waals surface area contributed by atoms with Gasteiger partial charge in [-0.25, -0.2) is 0 Å². The molecule has 29 heavy (non-hydrogen) atoms. The summed E-state index contributed by atoms with van der Waals surface area (Å²) in [6.45, 7) is 3.31. The van der Waals surface area contributed by atoms with Crippen molar-refractivity contribution in [2.24, 2.45) is 0 Å². The summed E-state index contributed by atoms with van der Waals surface area (Å²) in [4.78, 5) is 15.5. The van der Waals surface area contributed by atoms with Crippen molar-refractivity contribution in [3.63, 3.8) is 0 Å². The highest BCUT2D eigenvalue weighted by Gasteiger charge is 2.27. The SMILES string of the molecule is Nc1scc(CN2CCNCC2c2ccc(Cl)cc2)c1C(=O)c1ccc(Cl)cc1.